The maximum absolute atomic E-state index is 12.7. The van der Waals surface area contributed by atoms with E-state index in [4.69, 9.17) is 16.3 Å². The molecule has 3 amide bonds. The molecule has 0 aromatic heterocycles. The number of aryl methyl sites for hydroxylation is 2. The van der Waals surface area contributed by atoms with Crippen molar-refractivity contribution in [3.63, 3.8) is 0 Å². The molecule has 2 aromatic carbocycles. The molecule has 3 rings (SSSR count). The van der Waals surface area contributed by atoms with E-state index in [0.29, 0.717) is 42.3 Å². The van der Waals surface area contributed by atoms with Crippen LogP contribution in [0.4, 0.5) is 0 Å². The minimum atomic E-state index is -0.462. The second kappa shape index (κ2) is 10.3. The molecule has 1 saturated heterocycles. The van der Waals surface area contributed by atoms with Gasteiger partial charge in [0.05, 0.1) is 5.92 Å². The van der Waals surface area contributed by atoms with Crippen LogP contribution < -0.4 is 15.6 Å². The van der Waals surface area contributed by atoms with E-state index >= 15 is 0 Å². The highest BCUT2D eigenvalue weighted by Gasteiger charge is 2.29. The van der Waals surface area contributed by atoms with Crippen LogP contribution in [0, 0.1) is 19.8 Å². The molecule has 1 aliphatic rings. The first-order valence-corrected chi connectivity index (χ1v) is 10.5. The molecule has 2 aromatic rings. The van der Waals surface area contributed by atoms with E-state index in [1.807, 2.05) is 26.0 Å². The Kier molecular flexibility index (Phi) is 7.52. The van der Waals surface area contributed by atoms with Crippen molar-refractivity contribution in [2.24, 2.45) is 5.92 Å². The summed E-state index contributed by atoms with van der Waals surface area (Å²) in [5, 5.41) is 0.560. The molecule has 7 nitrogen and oxygen atoms in total. The summed E-state index contributed by atoms with van der Waals surface area (Å²) in [6.07, 6.45) is 1.35. The fourth-order valence-corrected chi connectivity index (χ4v) is 3.50. The highest BCUT2D eigenvalue weighted by atomic mass is 35.5. The molecule has 31 heavy (non-hydrogen) atoms. The predicted molar refractivity (Wildman–Crippen MR) is 118 cm³/mol. The topological polar surface area (TPSA) is 87.7 Å². The number of ether oxygens (including phenoxy) is 1. The quantitative estimate of drug-likeness (QED) is 0.695. The van der Waals surface area contributed by atoms with Crippen LogP contribution in [0.2, 0.25) is 5.02 Å². The molecule has 0 radical (unpaired) electrons. The number of halogens is 1. The van der Waals surface area contributed by atoms with Gasteiger partial charge in [0, 0.05) is 23.7 Å². The summed E-state index contributed by atoms with van der Waals surface area (Å²) in [6, 6.07) is 12.2. The zero-order valence-corrected chi connectivity index (χ0v) is 18.4. The van der Waals surface area contributed by atoms with Crippen molar-refractivity contribution in [1.29, 1.82) is 0 Å². The Bertz CT molecular complexity index is 962. The van der Waals surface area contributed by atoms with Gasteiger partial charge in [-0.2, -0.15) is 0 Å². The van der Waals surface area contributed by atoms with Crippen molar-refractivity contribution < 1.29 is 19.1 Å². The highest BCUT2D eigenvalue weighted by molar-refractivity contribution is 6.30. The van der Waals surface area contributed by atoms with E-state index < -0.39 is 11.8 Å². The van der Waals surface area contributed by atoms with Crippen molar-refractivity contribution in [3.8, 4) is 5.75 Å². The molecule has 0 bridgehead atoms. The van der Waals surface area contributed by atoms with Crippen LogP contribution in [0.15, 0.2) is 42.5 Å². The van der Waals surface area contributed by atoms with Crippen LogP contribution in [0.25, 0.3) is 0 Å². The number of rotatable bonds is 5. The van der Waals surface area contributed by atoms with E-state index in [9.17, 15) is 14.4 Å². The summed E-state index contributed by atoms with van der Waals surface area (Å²) in [5.74, 6) is -0.733. The number of amides is 3. The molecular weight excluding hydrogens is 418 g/mol. The Labute approximate surface area is 186 Å². The average molecular weight is 444 g/mol. The van der Waals surface area contributed by atoms with Crippen LogP contribution in [0.1, 0.15) is 34.3 Å². The average Bonchev–Trinajstić information content (AvgIpc) is 2.78. The van der Waals surface area contributed by atoms with Crippen molar-refractivity contribution in [2.75, 3.05) is 19.7 Å². The zero-order valence-electron chi connectivity index (χ0n) is 17.6. The number of hydrogen-bond acceptors (Lipinski definition) is 4. The smallest absolute Gasteiger partial charge is 0.276 e. The lowest BCUT2D eigenvalue weighted by Crippen LogP contribution is -2.50. The molecule has 0 aliphatic carbocycles. The molecule has 2 N–H and O–H groups in total. The van der Waals surface area contributed by atoms with Gasteiger partial charge < -0.3 is 9.64 Å². The van der Waals surface area contributed by atoms with E-state index in [0.717, 1.165) is 11.1 Å². The predicted octanol–water partition coefficient (Wildman–Crippen LogP) is 3.04. The number of nitrogens with zero attached hydrogens (tertiary/aromatic N) is 1. The van der Waals surface area contributed by atoms with Gasteiger partial charge in [-0.15, -0.1) is 0 Å². The number of carbonyl (C=O) groups is 3. The minimum absolute atomic E-state index is 0.139. The summed E-state index contributed by atoms with van der Waals surface area (Å²) in [6.45, 7) is 4.63. The first kappa shape index (κ1) is 22.6. The number of hydrogen-bond donors (Lipinski definition) is 2. The molecule has 0 spiro atoms. The van der Waals surface area contributed by atoms with Gasteiger partial charge in [0.15, 0.2) is 6.61 Å². The number of likely N-dealkylation sites (tertiary alicyclic amines) is 1. The SMILES string of the molecule is Cc1ccc(OCC(=O)NNC(=O)[C@@H]2CCCN(C(=O)c3ccc(Cl)cc3)C2)cc1C. The van der Waals surface area contributed by atoms with Gasteiger partial charge in [0.1, 0.15) is 5.75 Å². The van der Waals surface area contributed by atoms with E-state index in [1.54, 1.807) is 35.2 Å². The lowest BCUT2D eigenvalue weighted by molar-refractivity contribution is -0.132. The maximum atomic E-state index is 12.7. The largest absolute Gasteiger partial charge is 0.484 e. The first-order valence-electron chi connectivity index (χ1n) is 10.2. The number of hydrazine groups is 1. The maximum Gasteiger partial charge on any atom is 0.276 e. The summed E-state index contributed by atoms with van der Waals surface area (Å²) < 4.78 is 5.46. The molecule has 8 heteroatoms. The second-order valence-corrected chi connectivity index (χ2v) is 8.11. The van der Waals surface area contributed by atoms with Gasteiger partial charge in [-0.3, -0.25) is 25.2 Å². The second-order valence-electron chi connectivity index (χ2n) is 7.67. The van der Waals surface area contributed by atoms with Crippen molar-refractivity contribution in [1.82, 2.24) is 15.8 Å². The number of piperidine rings is 1. The van der Waals surface area contributed by atoms with Crippen LogP contribution in [-0.2, 0) is 9.59 Å². The molecular formula is C23H26ClN3O4. The summed E-state index contributed by atoms with van der Waals surface area (Å²) in [5.41, 5.74) is 7.56. The van der Waals surface area contributed by atoms with Gasteiger partial charge >= 0.3 is 0 Å². The van der Waals surface area contributed by atoms with E-state index in [2.05, 4.69) is 10.9 Å². The Hall–Kier alpha value is -3.06. The van der Waals surface area contributed by atoms with Crippen molar-refractivity contribution in [3.05, 3.63) is 64.2 Å². The highest BCUT2D eigenvalue weighted by Crippen LogP contribution is 2.20. The number of benzene rings is 2. The Morgan fingerprint density at radius 2 is 1.81 bits per heavy atom. The first-order chi connectivity index (χ1) is 14.8. The summed E-state index contributed by atoms with van der Waals surface area (Å²) in [4.78, 5) is 38.8. The normalized spacial score (nSPS) is 15.8. The van der Waals surface area contributed by atoms with Gasteiger partial charge in [-0.05, 0) is 74.2 Å². The number of nitrogens with one attached hydrogen (secondary N) is 2. The molecule has 0 unspecified atom stereocenters. The third-order valence-electron chi connectivity index (χ3n) is 5.34. The van der Waals surface area contributed by atoms with Crippen LogP contribution in [0.5, 0.6) is 5.75 Å². The van der Waals surface area contributed by atoms with Crippen molar-refractivity contribution in [2.45, 2.75) is 26.7 Å². The van der Waals surface area contributed by atoms with Gasteiger partial charge in [-0.1, -0.05) is 17.7 Å². The third kappa shape index (κ3) is 6.21. The minimum Gasteiger partial charge on any atom is -0.484 e. The van der Waals surface area contributed by atoms with Gasteiger partial charge in [0.2, 0.25) is 5.91 Å². The molecule has 164 valence electrons. The fourth-order valence-electron chi connectivity index (χ4n) is 3.37. The van der Waals surface area contributed by atoms with Crippen LogP contribution in [0.3, 0.4) is 0 Å². The van der Waals surface area contributed by atoms with E-state index in [1.165, 1.54) is 0 Å². The molecule has 1 fully saturated rings. The van der Waals surface area contributed by atoms with Gasteiger partial charge in [0.25, 0.3) is 11.8 Å². The molecule has 1 heterocycles. The Morgan fingerprint density at radius 1 is 1.06 bits per heavy atom. The van der Waals surface area contributed by atoms with Gasteiger partial charge in [-0.25, -0.2) is 0 Å². The summed E-state index contributed by atoms with van der Waals surface area (Å²) in [7, 11) is 0. The monoisotopic (exact) mass is 443 g/mol. The van der Waals surface area contributed by atoms with E-state index in [-0.39, 0.29) is 18.4 Å². The molecule has 1 atom stereocenters. The zero-order chi connectivity index (χ0) is 22.4. The lowest BCUT2D eigenvalue weighted by atomic mass is 9.96. The Balaban J connectivity index is 1.46. The molecule has 1 aliphatic heterocycles. The Morgan fingerprint density at radius 3 is 2.52 bits per heavy atom. The molecule has 0 saturated carbocycles. The third-order valence-corrected chi connectivity index (χ3v) is 5.60. The lowest BCUT2D eigenvalue weighted by Gasteiger charge is -2.32. The van der Waals surface area contributed by atoms with Crippen molar-refractivity contribution >= 4 is 29.3 Å². The standard InChI is InChI=1S/C23H26ClN3O4/c1-15-5-10-20(12-16(15)2)31-14-21(28)25-26-22(29)18-4-3-11-27(13-18)23(30)17-6-8-19(24)9-7-17/h5-10,12,18H,3-4,11,13-14H2,1-2H3,(H,25,28)(H,26,29)/t18-/m1/s1. The van der Waals surface area contributed by atoms with Crippen LogP contribution >= 0.6 is 11.6 Å². The van der Waals surface area contributed by atoms with Crippen LogP contribution in [-0.4, -0.2) is 42.3 Å². The summed E-state index contributed by atoms with van der Waals surface area (Å²) >= 11 is 5.88. The number of carbonyl (C=O) groups excluding carboxylic acids is 3. The fraction of sp³-hybridized carbons (Fsp3) is 0.348.